The number of likely N-dealkylation sites (tertiary alicyclic amines) is 1. The number of allylic oxidation sites excluding steroid dienone is 1. The Kier molecular flexibility index (Phi) is 8.29. The Bertz CT molecular complexity index is 657. The standard InChI is InChI=1S/C22H36N2O6/c1-7-10-16(20(26)28-8-2)23-14(3)19(25)24-17-12-9-11-15(17)13-18(24)29-21(27)30-22(4,5)6/h9,12,14-18,23H,7-8,10-11,13H2,1-6H3/t14-,15-,16-,17+,18-/m0/s1. The van der Waals surface area contributed by atoms with Gasteiger partial charge in [0, 0.05) is 6.42 Å². The predicted molar refractivity (Wildman–Crippen MR) is 112 cm³/mol. The number of nitrogens with zero attached hydrogens (tertiary/aromatic N) is 1. The Morgan fingerprint density at radius 3 is 2.53 bits per heavy atom. The number of carbonyl (C=O) groups excluding carboxylic acids is 3. The molecular formula is C22H36N2O6. The summed E-state index contributed by atoms with van der Waals surface area (Å²) in [5.41, 5.74) is -0.678. The summed E-state index contributed by atoms with van der Waals surface area (Å²) >= 11 is 0. The lowest BCUT2D eigenvalue weighted by molar-refractivity contribution is -0.148. The van der Waals surface area contributed by atoms with Gasteiger partial charge in [-0.1, -0.05) is 25.5 Å². The Morgan fingerprint density at radius 2 is 1.93 bits per heavy atom. The van der Waals surface area contributed by atoms with Crippen molar-refractivity contribution in [3.05, 3.63) is 12.2 Å². The predicted octanol–water partition coefficient (Wildman–Crippen LogP) is 3.15. The fraction of sp³-hybridized carbons (Fsp3) is 0.773. The number of rotatable bonds is 8. The van der Waals surface area contributed by atoms with Crippen molar-refractivity contribution in [1.82, 2.24) is 10.2 Å². The van der Waals surface area contributed by atoms with Crippen molar-refractivity contribution in [2.24, 2.45) is 5.92 Å². The molecule has 0 saturated carbocycles. The highest BCUT2D eigenvalue weighted by molar-refractivity contribution is 5.84. The van der Waals surface area contributed by atoms with E-state index in [9.17, 15) is 14.4 Å². The number of fused-ring (bicyclic) bond motifs is 1. The molecule has 1 amide bonds. The maximum absolute atomic E-state index is 13.3. The first-order valence-electron chi connectivity index (χ1n) is 10.9. The van der Waals surface area contributed by atoms with Gasteiger partial charge in [-0.3, -0.25) is 19.8 Å². The maximum atomic E-state index is 13.3. The van der Waals surface area contributed by atoms with Crippen molar-refractivity contribution >= 4 is 18.0 Å². The molecule has 1 aliphatic carbocycles. The lowest BCUT2D eigenvalue weighted by atomic mass is 10.0. The first-order valence-corrected chi connectivity index (χ1v) is 10.9. The van der Waals surface area contributed by atoms with E-state index < -0.39 is 30.1 Å². The third-order valence-electron chi connectivity index (χ3n) is 5.24. The fourth-order valence-electron chi connectivity index (χ4n) is 3.99. The topological polar surface area (TPSA) is 94.2 Å². The summed E-state index contributed by atoms with van der Waals surface area (Å²) in [5.74, 6) is -0.362. The number of amides is 1. The molecule has 1 aliphatic heterocycles. The molecule has 1 N–H and O–H groups in total. The molecular weight excluding hydrogens is 388 g/mol. The number of nitrogens with one attached hydrogen (secondary N) is 1. The van der Waals surface area contributed by atoms with Crippen LogP contribution in [0.3, 0.4) is 0 Å². The second-order valence-electron chi connectivity index (χ2n) is 8.91. The van der Waals surface area contributed by atoms with Crippen LogP contribution in [-0.4, -0.2) is 59.5 Å². The summed E-state index contributed by atoms with van der Waals surface area (Å²) in [6, 6.07) is -1.32. The van der Waals surface area contributed by atoms with Crippen LogP contribution in [-0.2, 0) is 23.8 Å². The normalized spacial score (nSPS) is 24.9. The van der Waals surface area contributed by atoms with Gasteiger partial charge in [0.2, 0.25) is 5.91 Å². The summed E-state index contributed by atoms with van der Waals surface area (Å²) in [7, 11) is 0. The van der Waals surface area contributed by atoms with E-state index in [1.807, 2.05) is 13.0 Å². The van der Waals surface area contributed by atoms with E-state index in [2.05, 4.69) is 11.4 Å². The SMILES string of the molecule is CCC[C@H](N[C@@H](C)C(=O)N1[C@@H](OC(=O)OC(C)(C)C)C[C@@H]2CC=C[C@H]21)C(=O)OCC. The molecule has 30 heavy (non-hydrogen) atoms. The maximum Gasteiger partial charge on any atom is 0.510 e. The molecule has 1 heterocycles. The third-order valence-corrected chi connectivity index (χ3v) is 5.24. The number of hydrogen-bond donors (Lipinski definition) is 1. The second kappa shape index (κ2) is 10.3. The van der Waals surface area contributed by atoms with E-state index in [-0.39, 0.29) is 30.4 Å². The average molecular weight is 425 g/mol. The lowest BCUT2D eigenvalue weighted by Crippen LogP contribution is -2.54. The van der Waals surface area contributed by atoms with Gasteiger partial charge in [0.05, 0.1) is 18.7 Å². The van der Waals surface area contributed by atoms with Gasteiger partial charge in [0.1, 0.15) is 11.6 Å². The van der Waals surface area contributed by atoms with E-state index in [4.69, 9.17) is 14.2 Å². The minimum atomic E-state index is -0.787. The van der Waals surface area contributed by atoms with Gasteiger partial charge >= 0.3 is 12.1 Å². The molecule has 0 aromatic rings. The molecule has 0 aromatic heterocycles. The number of hydrogen-bond acceptors (Lipinski definition) is 7. The van der Waals surface area contributed by atoms with Gasteiger partial charge in [-0.25, -0.2) is 4.79 Å². The van der Waals surface area contributed by atoms with Gasteiger partial charge in [0.15, 0.2) is 6.23 Å². The van der Waals surface area contributed by atoms with Crippen molar-refractivity contribution in [2.75, 3.05) is 6.61 Å². The van der Waals surface area contributed by atoms with E-state index in [0.717, 1.165) is 12.8 Å². The van der Waals surface area contributed by atoms with E-state index in [1.165, 1.54) is 0 Å². The highest BCUT2D eigenvalue weighted by Gasteiger charge is 2.47. The summed E-state index contributed by atoms with van der Waals surface area (Å²) in [6.07, 6.45) is 5.31. The molecule has 0 unspecified atom stereocenters. The Morgan fingerprint density at radius 1 is 1.23 bits per heavy atom. The third kappa shape index (κ3) is 6.20. The van der Waals surface area contributed by atoms with Crippen LogP contribution in [0.1, 0.15) is 67.2 Å². The zero-order valence-corrected chi connectivity index (χ0v) is 19.0. The van der Waals surface area contributed by atoms with Crippen molar-refractivity contribution in [3.8, 4) is 0 Å². The smallest absolute Gasteiger partial charge is 0.465 e. The van der Waals surface area contributed by atoms with Crippen LogP contribution in [0.4, 0.5) is 4.79 Å². The lowest BCUT2D eigenvalue weighted by Gasteiger charge is -2.32. The summed E-state index contributed by atoms with van der Waals surface area (Å²) in [5, 5.41) is 3.11. The van der Waals surface area contributed by atoms with Gasteiger partial charge in [0.25, 0.3) is 0 Å². The summed E-state index contributed by atoms with van der Waals surface area (Å²) < 4.78 is 15.9. The second-order valence-corrected chi connectivity index (χ2v) is 8.91. The number of esters is 1. The molecule has 2 rings (SSSR count). The van der Waals surface area contributed by atoms with Crippen molar-refractivity contribution in [2.45, 2.75) is 97.2 Å². The fourth-order valence-corrected chi connectivity index (χ4v) is 3.99. The van der Waals surface area contributed by atoms with Crippen LogP contribution in [0.15, 0.2) is 12.2 Å². The van der Waals surface area contributed by atoms with Crippen LogP contribution in [0.5, 0.6) is 0 Å². The Hall–Kier alpha value is -2.09. The molecule has 170 valence electrons. The van der Waals surface area contributed by atoms with Crippen molar-refractivity contribution < 1.29 is 28.6 Å². The van der Waals surface area contributed by atoms with Crippen LogP contribution in [0.2, 0.25) is 0 Å². The first kappa shape index (κ1) is 24.2. The van der Waals surface area contributed by atoms with Gasteiger partial charge in [-0.2, -0.15) is 0 Å². The molecule has 0 spiro atoms. The Labute approximate surface area is 179 Å². The van der Waals surface area contributed by atoms with Crippen molar-refractivity contribution in [3.63, 3.8) is 0 Å². The zero-order chi connectivity index (χ0) is 22.5. The number of carbonyl (C=O) groups is 3. The quantitative estimate of drug-likeness (QED) is 0.472. The Balaban J connectivity index is 2.11. The first-order chi connectivity index (χ1) is 14.1. The molecule has 8 heteroatoms. The van der Waals surface area contributed by atoms with Gasteiger partial charge in [-0.05, 0) is 53.4 Å². The molecule has 2 aliphatic rings. The van der Waals surface area contributed by atoms with Crippen molar-refractivity contribution in [1.29, 1.82) is 0 Å². The van der Waals surface area contributed by atoms with Gasteiger partial charge in [-0.15, -0.1) is 0 Å². The molecule has 1 saturated heterocycles. The highest BCUT2D eigenvalue weighted by Crippen LogP contribution is 2.38. The summed E-state index contributed by atoms with van der Waals surface area (Å²) in [4.78, 5) is 39.4. The number of ether oxygens (including phenoxy) is 3. The molecule has 0 bridgehead atoms. The van der Waals surface area contributed by atoms with Crippen LogP contribution < -0.4 is 5.32 Å². The van der Waals surface area contributed by atoms with E-state index >= 15 is 0 Å². The monoisotopic (exact) mass is 424 g/mol. The molecule has 0 aromatic carbocycles. The highest BCUT2D eigenvalue weighted by atomic mass is 16.7. The minimum absolute atomic E-state index is 0.124. The largest absolute Gasteiger partial charge is 0.510 e. The zero-order valence-electron chi connectivity index (χ0n) is 19.0. The van der Waals surface area contributed by atoms with Crippen LogP contribution >= 0.6 is 0 Å². The minimum Gasteiger partial charge on any atom is -0.465 e. The van der Waals surface area contributed by atoms with Crippen LogP contribution in [0, 0.1) is 5.92 Å². The van der Waals surface area contributed by atoms with E-state index in [0.29, 0.717) is 12.8 Å². The molecule has 1 fully saturated rings. The van der Waals surface area contributed by atoms with E-state index in [1.54, 1.807) is 39.5 Å². The molecule has 8 nitrogen and oxygen atoms in total. The molecule has 0 radical (unpaired) electrons. The molecule has 5 atom stereocenters. The average Bonchev–Trinajstić information content (AvgIpc) is 3.19. The summed E-state index contributed by atoms with van der Waals surface area (Å²) in [6.45, 7) is 11.0. The van der Waals surface area contributed by atoms with Gasteiger partial charge < -0.3 is 14.2 Å². The van der Waals surface area contributed by atoms with Crippen LogP contribution in [0.25, 0.3) is 0 Å².